The van der Waals surface area contributed by atoms with Crippen molar-refractivity contribution < 1.29 is 9.18 Å². The molecule has 0 aliphatic carbocycles. The minimum atomic E-state index is -0.541. The fourth-order valence-electron chi connectivity index (χ4n) is 2.16. The fraction of sp³-hybridized carbons (Fsp3) is 0.235. The van der Waals surface area contributed by atoms with E-state index in [2.05, 4.69) is 5.32 Å². The van der Waals surface area contributed by atoms with Gasteiger partial charge in [-0.25, -0.2) is 4.39 Å². The molecule has 0 radical (unpaired) electrons. The first-order valence-electron chi connectivity index (χ1n) is 7.23. The standard InChI is InChI=1S/C17H16FN3O2/c1-2-9-20-16(22)11-21-15(8-5-13(10-19)17(21)23)12-3-6-14(18)7-4-12/h3-8H,2,9,11H2,1H3,(H,20,22). The van der Waals surface area contributed by atoms with Crippen molar-refractivity contribution in [2.45, 2.75) is 19.9 Å². The van der Waals surface area contributed by atoms with E-state index in [9.17, 15) is 14.0 Å². The molecule has 0 saturated heterocycles. The molecule has 0 unspecified atom stereocenters. The van der Waals surface area contributed by atoms with Gasteiger partial charge in [0, 0.05) is 6.54 Å². The Morgan fingerprint density at radius 2 is 1.96 bits per heavy atom. The maximum atomic E-state index is 13.1. The molecule has 1 N–H and O–H groups in total. The molecule has 1 aromatic carbocycles. The van der Waals surface area contributed by atoms with E-state index >= 15 is 0 Å². The van der Waals surface area contributed by atoms with Crippen molar-refractivity contribution in [3.8, 4) is 17.3 Å². The quantitative estimate of drug-likeness (QED) is 0.918. The fourth-order valence-corrected chi connectivity index (χ4v) is 2.16. The van der Waals surface area contributed by atoms with Crippen LogP contribution in [0.4, 0.5) is 4.39 Å². The van der Waals surface area contributed by atoms with Crippen LogP contribution in [0.25, 0.3) is 11.3 Å². The largest absolute Gasteiger partial charge is 0.355 e. The van der Waals surface area contributed by atoms with Crippen LogP contribution in [0.5, 0.6) is 0 Å². The summed E-state index contributed by atoms with van der Waals surface area (Å²) in [6.07, 6.45) is 0.781. The van der Waals surface area contributed by atoms with Gasteiger partial charge < -0.3 is 5.32 Å². The predicted octanol–water partition coefficient (Wildman–Crippen LogP) is 2.05. The van der Waals surface area contributed by atoms with Gasteiger partial charge in [0.05, 0.1) is 5.69 Å². The molecule has 0 spiro atoms. The number of halogens is 1. The zero-order valence-corrected chi connectivity index (χ0v) is 12.7. The second-order valence-electron chi connectivity index (χ2n) is 4.99. The van der Waals surface area contributed by atoms with Gasteiger partial charge in [-0.1, -0.05) is 6.92 Å². The maximum Gasteiger partial charge on any atom is 0.269 e. The monoisotopic (exact) mass is 313 g/mol. The second-order valence-corrected chi connectivity index (χ2v) is 4.99. The van der Waals surface area contributed by atoms with Gasteiger partial charge >= 0.3 is 0 Å². The zero-order valence-electron chi connectivity index (χ0n) is 12.7. The first-order chi connectivity index (χ1) is 11.1. The topological polar surface area (TPSA) is 74.9 Å². The number of carbonyl (C=O) groups is 1. The van der Waals surface area contributed by atoms with Gasteiger partial charge in [0.25, 0.3) is 5.56 Å². The highest BCUT2D eigenvalue weighted by Gasteiger charge is 2.13. The summed E-state index contributed by atoms with van der Waals surface area (Å²) in [6.45, 7) is 2.24. The Balaban J connectivity index is 2.48. The van der Waals surface area contributed by atoms with E-state index in [0.29, 0.717) is 17.8 Å². The third kappa shape index (κ3) is 3.83. The second kappa shape index (κ2) is 7.36. The van der Waals surface area contributed by atoms with Crippen LogP contribution in [0.3, 0.4) is 0 Å². The van der Waals surface area contributed by atoms with Gasteiger partial charge in [-0.2, -0.15) is 5.26 Å². The van der Waals surface area contributed by atoms with E-state index in [1.165, 1.54) is 34.9 Å². The Morgan fingerprint density at radius 1 is 1.26 bits per heavy atom. The van der Waals surface area contributed by atoms with E-state index in [4.69, 9.17) is 5.26 Å². The van der Waals surface area contributed by atoms with Gasteiger partial charge in [0.2, 0.25) is 5.91 Å². The van der Waals surface area contributed by atoms with E-state index in [-0.39, 0.29) is 18.0 Å². The van der Waals surface area contributed by atoms with Crippen molar-refractivity contribution in [3.05, 3.63) is 58.1 Å². The summed E-state index contributed by atoms with van der Waals surface area (Å²) in [5.74, 6) is -0.704. The van der Waals surface area contributed by atoms with Crippen molar-refractivity contribution >= 4 is 5.91 Å². The van der Waals surface area contributed by atoms with E-state index in [1.54, 1.807) is 6.07 Å². The zero-order chi connectivity index (χ0) is 16.8. The lowest BCUT2D eigenvalue weighted by Crippen LogP contribution is -2.34. The average Bonchev–Trinajstić information content (AvgIpc) is 2.55. The molecule has 2 aromatic rings. The maximum absolute atomic E-state index is 13.1. The Bertz CT molecular complexity index is 804. The normalized spacial score (nSPS) is 10.1. The lowest BCUT2D eigenvalue weighted by atomic mass is 10.1. The minimum absolute atomic E-state index is 0.0425. The highest BCUT2D eigenvalue weighted by Crippen LogP contribution is 2.18. The molecule has 6 heteroatoms. The van der Waals surface area contributed by atoms with Crippen molar-refractivity contribution in [1.29, 1.82) is 5.26 Å². The molecular weight excluding hydrogens is 297 g/mol. The van der Waals surface area contributed by atoms with Gasteiger partial charge in [-0.05, 0) is 48.4 Å². The number of nitrogens with one attached hydrogen (secondary N) is 1. The number of hydrogen-bond acceptors (Lipinski definition) is 3. The Morgan fingerprint density at radius 3 is 2.57 bits per heavy atom. The summed E-state index contributed by atoms with van der Waals surface area (Å²) in [6, 6.07) is 10.4. The summed E-state index contributed by atoms with van der Waals surface area (Å²) in [5.41, 5.74) is 0.469. The molecule has 0 aliphatic heterocycles. The van der Waals surface area contributed by atoms with Crippen LogP contribution in [-0.4, -0.2) is 17.0 Å². The molecule has 0 saturated carbocycles. The van der Waals surface area contributed by atoms with E-state index in [1.807, 2.05) is 13.0 Å². The van der Waals surface area contributed by atoms with Crippen molar-refractivity contribution in [1.82, 2.24) is 9.88 Å². The molecule has 1 amide bonds. The van der Waals surface area contributed by atoms with Crippen LogP contribution >= 0.6 is 0 Å². The summed E-state index contributed by atoms with van der Waals surface area (Å²) in [5, 5.41) is 11.7. The molecule has 0 fully saturated rings. The summed E-state index contributed by atoms with van der Waals surface area (Å²) in [4.78, 5) is 24.3. The van der Waals surface area contributed by atoms with Crippen LogP contribution in [0.1, 0.15) is 18.9 Å². The van der Waals surface area contributed by atoms with Crippen LogP contribution in [0.2, 0.25) is 0 Å². The number of aromatic nitrogens is 1. The smallest absolute Gasteiger partial charge is 0.269 e. The number of nitriles is 1. The molecule has 1 heterocycles. The predicted molar refractivity (Wildman–Crippen MR) is 84.1 cm³/mol. The number of rotatable bonds is 5. The highest BCUT2D eigenvalue weighted by atomic mass is 19.1. The molecule has 0 atom stereocenters. The number of carbonyl (C=O) groups excluding carboxylic acids is 1. The van der Waals surface area contributed by atoms with Crippen LogP contribution in [-0.2, 0) is 11.3 Å². The van der Waals surface area contributed by atoms with Crippen LogP contribution in [0, 0.1) is 17.1 Å². The number of hydrogen-bond donors (Lipinski definition) is 1. The first kappa shape index (κ1) is 16.4. The number of nitrogens with zero attached hydrogens (tertiary/aromatic N) is 2. The molecule has 0 bridgehead atoms. The Kier molecular flexibility index (Phi) is 5.26. The number of pyridine rings is 1. The molecule has 0 aliphatic rings. The van der Waals surface area contributed by atoms with Crippen molar-refractivity contribution in [2.75, 3.05) is 6.54 Å². The third-order valence-corrected chi connectivity index (χ3v) is 3.31. The van der Waals surface area contributed by atoms with Gasteiger partial charge in [-0.15, -0.1) is 0 Å². The molecule has 5 nitrogen and oxygen atoms in total. The summed E-state index contributed by atoms with van der Waals surface area (Å²) < 4.78 is 14.3. The lowest BCUT2D eigenvalue weighted by molar-refractivity contribution is -0.121. The SMILES string of the molecule is CCCNC(=O)Cn1c(-c2ccc(F)cc2)ccc(C#N)c1=O. The number of amides is 1. The van der Waals surface area contributed by atoms with Crippen LogP contribution < -0.4 is 10.9 Å². The highest BCUT2D eigenvalue weighted by molar-refractivity contribution is 5.76. The van der Waals surface area contributed by atoms with Gasteiger partial charge in [0.1, 0.15) is 24.0 Å². The van der Waals surface area contributed by atoms with E-state index in [0.717, 1.165) is 6.42 Å². The molecule has 2 rings (SSSR count). The van der Waals surface area contributed by atoms with Crippen LogP contribution in [0.15, 0.2) is 41.2 Å². The van der Waals surface area contributed by atoms with Gasteiger partial charge in [-0.3, -0.25) is 14.2 Å². The van der Waals surface area contributed by atoms with Crippen molar-refractivity contribution in [3.63, 3.8) is 0 Å². The van der Waals surface area contributed by atoms with E-state index < -0.39 is 11.4 Å². The first-order valence-corrected chi connectivity index (χ1v) is 7.23. The Labute approximate surface area is 133 Å². The average molecular weight is 313 g/mol. The molecule has 1 aromatic heterocycles. The lowest BCUT2D eigenvalue weighted by Gasteiger charge is -2.13. The van der Waals surface area contributed by atoms with Crippen molar-refractivity contribution in [2.24, 2.45) is 0 Å². The summed E-state index contributed by atoms with van der Waals surface area (Å²) >= 11 is 0. The molecule has 118 valence electrons. The minimum Gasteiger partial charge on any atom is -0.355 e. The molecule has 23 heavy (non-hydrogen) atoms. The molecular formula is C17H16FN3O2. The van der Waals surface area contributed by atoms with Gasteiger partial charge in [0.15, 0.2) is 0 Å². The Hall–Kier alpha value is -2.94. The summed E-state index contributed by atoms with van der Waals surface area (Å²) in [7, 11) is 0. The number of benzene rings is 1. The third-order valence-electron chi connectivity index (χ3n) is 3.31.